The molecular formula is C17H34N2. The van der Waals surface area contributed by atoms with Crippen molar-refractivity contribution < 1.29 is 0 Å². The predicted molar refractivity (Wildman–Crippen MR) is 83.5 cm³/mol. The molecule has 0 amide bonds. The number of nitrogens with zero attached hydrogens (tertiary/aromatic N) is 1. The quantitative estimate of drug-likeness (QED) is 0.835. The number of piperazine rings is 1. The Balaban J connectivity index is 2.18. The highest BCUT2D eigenvalue weighted by atomic mass is 15.3. The second-order valence-electron chi connectivity index (χ2n) is 7.89. The third-order valence-electron chi connectivity index (χ3n) is 5.53. The van der Waals surface area contributed by atoms with Crippen LogP contribution in [-0.2, 0) is 0 Å². The van der Waals surface area contributed by atoms with E-state index in [1.54, 1.807) is 0 Å². The van der Waals surface area contributed by atoms with Gasteiger partial charge in [0.25, 0.3) is 0 Å². The first-order valence-electron chi connectivity index (χ1n) is 8.42. The minimum atomic E-state index is 0.371. The van der Waals surface area contributed by atoms with Crippen molar-refractivity contribution in [3.63, 3.8) is 0 Å². The van der Waals surface area contributed by atoms with Gasteiger partial charge in [0, 0.05) is 30.7 Å². The summed E-state index contributed by atoms with van der Waals surface area (Å²) in [4.78, 5) is 2.86. The highest BCUT2D eigenvalue weighted by molar-refractivity contribution is 5.04. The van der Waals surface area contributed by atoms with E-state index < -0.39 is 0 Å². The van der Waals surface area contributed by atoms with E-state index in [4.69, 9.17) is 0 Å². The lowest BCUT2D eigenvalue weighted by molar-refractivity contribution is -0.00928. The standard InChI is InChI=1S/C17H34N2/c1-6-14(7-2)19-13-17(10-8-9-11-17)18-12-15(19)16(3,4)5/h14-15,18H,6-13H2,1-5H3. The third-order valence-corrected chi connectivity index (χ3v) is 5.53. The van der Waals surface area contributed by atoms with E-state index in [9.17, 15) is 0 Å². The van der Waals surface area contributed by atoms with Crippen molar-refractivity contribution in [3.8, 4) is 0 Å². The monoisotopic (exact) mass is 266 g/mol. The summed E-state index contributed by atoms with van der Waals surface area (Å²) in [5.74, 6) is 0. The van der Waals surface area contributed by atoms with Crippen molar-refractivity contribution in [2.75, 3.05) is 13.1 Å². The molecule has 2 heteroatoms. The highest BCUT2D eigenvalue weighted by Crippen LogP contribution is 2.38. The molecule has 1 atom stereocenters. The number of hydrogen-bond donors (Lipinski definition) is 1. The van der Waals surface area contributed by atoms with Gasteiger partial charge >= 0.3 is 0 Å². The van der Waals surface area contributed by atoms with Gasteiger partial charge in [-0.15, -0.1) is 0 Å². The van der Waals surface area contributed by atoms with Crippen molar-refractivity contribution in [1.29, 1.82) is 0 Å². The van der Waals surface area contributed by atoms with Crippen molar-refractivity contribution >= 4 is 0 Å². The molecule has 1 aliphatic heterocycles. The van der Waals surface area contributed by atoms with Gasteiger partial charge in [-0.05, 0) is 31.1 Å². The summed E-state index contributed by atoms with van der Waals surface area (Å²) in [5, 5.41) is 3.94. The maximum Gasteiger partial charge on any atom is 0.0309 e. The van der Waals surface area contributed by atoms with Crippen LogP contribution in [0.25, 0.3) is 0 Å². The van der Waals surface area contributed by atoms with Crippen LogP contribution < -0.4 is 5.32 Å². The second kappa shape index (κ2) is 5.73. The normalized spacial score (nSPS) is 28.4. The Morgan fingerprint density at radius 2 is 1.74 bits per heavy atom. The van der Waals surface area contributed by atoms with Gasteiger partial charge in [-0.1, -0.05) is 47.5 Å². The average Bonchev–Trinajstić information content (AvgIpc) is 2.77. The first-order valence-corrected chi connectivity index (χ1v) is 8.42. The lowest BCUT2D eigenvalue weighted by Gasteiger charge is -2.53. The fraction of sp³-hybridized carbons (Fsp3) is 1.00. The maximum atomic E-state index is 3.94. The van der Waals surface area contributed by atoms with E-state index >= 15 is 0 Å². The van der Waals surface area contributed by atoms with Crippen LogP contribution in [0.4, 0.5) is 0 Å². The van der Waals surface area contributed by atoms with Crippen LogP contribution in [0.3, 0.4) is 0 Å². The molecule has 1 saturated carbocycles. The van der Waals surface area contributed by atoms with E-state index in [0.717, 1.165) is 6.04 Å². The first-order chi connectivity index (χ1) is 8.92. The average molecular weight is 266 g/mol. The van der Waals surface area contributed by atoms with Crippen LogP contribution >= 0.6 is 0 Å². The van der Waals surface area contributed by atoms with Crippen LogP contribution in [0.15, 0.2) is 0 Å². The molecule has 19 heavy (non-hydrogen) atoms. The van der Waals surface area contributed by atoms with Crippen LogP contribution in [-0.4, -0.2) is 35.6 Å². The largest absolute Gasteiger partial charge is 0.308 e. The summed E-state index contributed by atoms with van der Waals surface area (Å²) in [7, 11) is 0. The maximum absolute atomic E-state index is 3.94. The molecule has 0 aromatic heterocycles. The zero-order valence-electron chi connectivity index (χ0n) is 13.8. The molecule has 1 saturated heterocycles. The second-order valence-corrected chi connectivity index (χ2v) is 7.89. The fourth-order valence-electron chi connectivity index (χ4n) is 4.28. The van der Waals surface area contributed by atoms with Crippen LogP contribution in [0.2, 0.25) is 0 Å². The molecular weight excluding hydrogens is 232 g/mol. The first kappa shape index (κ1) is 15.3. The van der Waals surface area contributed by atoms with Gasteiger partial charge in [0.05, 0.1) is 0 Å². The topological polar surface area (TPSA) is 15.3 Å². The zero-order valence-corrected chi connectivity index (χ0v) is 13.8. The molecule has 0 aromatic carbocycles. The molecule has 2 nitrogen and oxygen atoms in total. The molecule has 0 radical (unpaired) electrons. The molecule has 2 fully saturated rings. The lowest BCUT2D eigenvalue weighted by Crippen LogP contribution is -2.67. The van der Waals surface area contributed by atoms with E-state index in [1.807, 2.05) is 0 Å². The Kier molecular flexibility index (Phi) is 4.62. The van der Waals surface area contributed by atoms with Gasteiger partial charge in [-0.3, -0.25) is 4.90 Å². The molecule has 1 spiro atoms. The van der Waals surface area contributed by atoms with Crippen molar-refractivity contribution in [1.82, 2.24) is 10.2 Å². The van der Waals surface area contributed by atoms with Crippen molar-refractivity contribution in [2.45, 2.75) is 90.8 Å². The van der Waals surface area contributed by atoms with Gasteiger partial charge < -0.3 is 5.32 Å². The Morgan fingerprint density at radius 3 is 2.21 bits per heavy atom. The van der Waals surface area contributed by atoms with E-state index in [2.05, 4.69) is 44.8 Å². The van der Waals surface area contributed by atoms with Gasteiger partial charge in [-0.25, -0.2) is 0 Å². The third kappa shape index (κ3) is 3.16. The zero-order chi connectivity index (χ0) is 14.1. The number of rotatable bonds is 3. The van der Waals surface area contributed by atoms with E-state index in [1.165, 1.54) is 51.6 Å². The molecule has 1 heterocycles. The summed E-state index contributed by atoms with van der Waals surface area (Å²) < 4.78 is 0. The smallest absolute Gasteiger partial charge is 0.0309 e. The Labute approximate surface area is 120 Å². The Morgan fingerprint density at radius 1 is 1.16 bits per heavy atom. The summed E-state index contributed by atoms with van der Waals surface area (Å²) >= 11 is 0. The fourth-order valence-corrected chi connectivity index (χ4v) is 4.28. The van der Waals surface area contributed by atoms with Gasteiger partial charge in [0.15, 0.2) is 0 Å². The number of nitrogens with one attached hydrogen (secondary N) is 1. The summed E-state index contributed by atoms with van der Waals surface area (Å²) in [6.45, 7) is 14.4. The predicted octanol–water partition coefficient (Wildman–Crippen LogP) is 3.81. The number of hydrogen-bond acceptors (Lipinski definition) is 2. The molecule has 1 aliphatic carbocycles. The van der Waals surface area contributed by atoms with Crippen molar-refractivity contribution in [2.24, 2.45) is 5.41 Å². The van der Waals surface area contributed by atoms with Gasteiger partial charge in [0.1, 0.15) is 0 Å². The minimum absolute atomic E-state index is 0.371. The van der Waals surface area contributed by atoms with Crippen LogP contribution in [0.5, 0.6) is 0 Å². The van der Waals surface area contributed by atoms with Crippen LogP contribution in [0, 0.1) is 5.41 Å². The molecule has 1 N–H and O–H groups in total. The summed E-state index contributed by atoms with van der Waals surface area (Å²) in [6.07, 6.45) is 8.20. The van der Waals surface area contributed by atoms with E-state index in [0.29, 0.717) is 17.0 Å². The van der Waals surface area contributed by atoms with Crippen LogP contribution in [0.1, 0.15) is 73.1 Å². The molecule has 112 valence electrons. The molecule has 0 aromatic rings. The van der Waals surface area contributed by atoms with Gasteiger partial charge in [0.2, 0.25) is 0 Å². The highest BCUT2D eigenvalue weighted by Gasteiger charge is 2.45. The van der Waals surface area contributed by atoms with Crippen molar-refractivity contribution in [3.05, 3.63) is 0 Å². The molecule has 0 bridgehead atoms. The SMILES string of the molecule is CCC(CC)N1CC2(CCCC2)NCC1C(C)(C)C. The lowest BCUT2D eigenvalue weighted by atomic mass is 9.80. The Hall–Kier alpha value is -0.0800. The van der Waals surface area contributed by atoms with E-state index in [-0.39, 0.29) is 0 Å². The minimum Gasteiger partial charge on any atom is -0.308 e. The Bertz CT molecular complexity index is 282. The molecule has 2 aliphatic rings. The summed E-state index contributed by atoms with van der Waals surface area (Å²) in [6, 6.07) is 1.45. The molecule has 1 unspecified atom stereocenters. The molecule has 2 rings (SSSR count). The summed E-state index contributed by atoms with van der Waals surface area (Å²) in [5.41, 5.74) is 0.820. The van der Waals surface area contributed by atoms with Gasteiger partial charge in [-0.2, -0.15) is 0 Å².